The Morgan fingerprint density at radius 3 is 2.70 bits per heavy atom. The van der Waals surface area contributed by atoms with Gasteiger partial charge in [0.15, 0.2) is 5.90 Å². The molecule has 0 aromatic rings. The van der Waals surface area contributed by atoms with Crippen molar-refractivity contribution in [3.05, 3.63) is 0 Å². The molecule has 0 aliphatic heterocycles. The predicted molar refractivity (Wildman–Crippen MR) is 51.0 cm³/mol. The molecule has 0 unspecified atom stereocenters. The van der Waals surface area contributed by atoms with E-state index in [-0.39, 0.29) is 0 Å². The van der Waals surface area contributed by atoms with Crippen molar-refractivity contribution in [2.75, 3.05) is 24.9 Å². The normalized spacial score (nSPS) is 11.7. The highest BCUT2D eigenvalue weighted by Gasteiger charge is 1.86. The second kappa shape index (κ2) is 7.28. The zero-order chi connectivity index (χ0) is 7.82. The van der Waals surface area contributed by atoms with Crippen LogP contribution in [0.1, 0.15) is 6.92 Å². The number of rotatable bonds is 4. The van der Waals surface area contributed by atoms with Gasteiger partial charge in [-0.3, -0.25) is 0 Å². The summed E-state index contributed by atoms with van der Waals surface area (Å²) in [5.74, 6) is 2.94. The van der Waals surface area contributed by atoms with E-state index in [0.29, 0.717) is 0 Å². The SMILES string of the molecule is CO/C(C)=N/SCCSC. The second-order valence-electron chi connectivity index (χ2n) is 1.64. The van der Waals surface area contributed by atoms with E-state index in [9.17, 15) is 0 Å². The lowest BCUT2D eigenvalue weighted by molar-refractivity contribution is 0.401. The molecular weight excluding hydrogens is 166 g/mol. The Hall–Kier alpha value is 0.170. The van der Waals surface area contributed by atoms with Gasteiger partial charge in [-0.15, -0.1) is 0 Å². The van der Waals surface area contributed by atoms with Crippen LogP contribution in [0, 0.1) is 0 Å². The minimum atomic E-state index is 0.742. The molecule has 0 N–H and O–H groups in total. The van der Waals surface area contributed by atoms with Gasteiger partial charge in [-0.2, -0.15) is 16.2 Å². The highest BCUT2D eigenvalue weighted by Crippen LogP contribution is 2.05. The lowest BCUT2D eigenvalue weighted by Crippen LogP contribution is -1.91. The fourth-order valence-corrected chi connectivity index (χ4v) is 1.61. The molecule has 0 amide bonds. The molecule has 0 aromatic heterocycles. The molecule has 0 fully saturated rings. The Bertz CT molecular complexity index is 106. The Morgan fingerprint density at radius 2 is 2.20 bits per heavy atom. The third-order valence-corrected chi connectivity index (χ3v) is 2.51. The first-order chi connectivity index (χ1) is 4.81. The van der Waals surface area contributed by atoms with Crippen LogP contribution >= 0.6 is 23.7 Å². The third kappa shape index (κ3) is 6.29. The minimum Gasteiger partial charge on any atom is -0.484 e. The summed E-state index contributed by atoms with van der Waals surface area (Å²) in [7, 11) is 1.63. The van der Waals surface area contributed by atoms with Gasteiger partial charge in [-0.1, -0.05) is 0 Å². The van der Waals surface area contributed by atoms with Crippen LogP contribution in [-0.4, -0.2) is 30.8 Å². The monoisotopic (exact) mass is 179 g/mol. The molecule has 0 spiro atoms. The molecule has 10 heavy (non-hydrogen) atoms. The molecule has 0 saturated heterocycles. The van der Waals surface area contributed by atoms with Gasteiger partial charge in [-0.25, -0.2) is 0 Å². The van der Waals surface area contributed by atoms with Crippen molar-refractivity contribution in [3.8, 4) is 0 Å². The quantitative estimate of drug-likeness (QED) is 0.285. The molecular formula is C6H13NOS2. The predicted octanol–water partition coefficient (Wildman–Crippen LogP) is 2.06. The molecule has 60 valence electrons. The standard InChI is InChI=1S/C6H13NOS2/c1-6(8-2)7-10-5-4-9-3/h4-5H2,1-3H3/b7-6+. The summed E-state index contributed by atoms with van der Waals surface area (Å²) in [5.41, 5.74) is 0. The minimum absolute atomic E-state index is 0.742. The molecule has 0 radical (unpaired) electrons. The van der Waals surface area contributed by atoms with Gasteiger partial charge in [0, 0.05) is 18.4 Å². The maximum absolute atomic E-state index is 4.85. The Kier molecular flexibility index (Phi) is 7.40. The second-order valence-corrected chi connectivity index (χ2v) is 3.48. The average molecular weight is 179 g/mol. The summed E-state index contributed by atoms with van der Waals surface area (Å²) in [6, 6.07) is 0. The van der Waals surface area contributed by atoms with Crippen molar-refractivity contribution in [2.24, 2.45) is 4.40 Å². The van der Waals surface area contributed by atoms with E-state index in [0.717, 1.165) is 17.4 Å². The van der Waals surface area contributed by atoms with Crippen molar-refractivity contribution in [3.63, 3.8) is 0 Å². The number of hydrogen-bond donors (Lipinski definition) is 0. The number of thioether (sulfide) groups is 1. The van der Waals surface area contributed by atoms with E-state index in [1.165, 1.54) is 0 Å². The van der Waals surface area contributed by atoms with Gasteiger partial charge in [0.2, 0.25) is 0 Å². The molecule has 4 heteroatoms. The molecule has 0 aliphatic rings. The first-order valence-electron chi connectivity index (χ1n) is 3.00. The molecule has 0 bridgehead atoms. The maximum atomic E-state index is 4.85. The highest BCUT2D eigenvalue weighted by molar-refractivity contribution is 8.02. The summed E-state index contributed by atoms with van der Waals surface area (Å²) in [4.78, 5) is 0. The van der Waals surface area contributed by atoms with Crippen molar-refractivity contribution in [1.82, 2.24) is 0 Å². The Morgan fingerprint density at radius 1 is 1.50 bits per heavy atom. The molecule has 0 heterocycles. The summed E-state index contributed by atoms with van der Waals surface area (Å²) >= 11 is 3.38. The molecule has 2 nitrogen and oxygen atoms in total. The van der Waals surface area contributed by atoms with Gasteiger partial charge >= 0.3 is 0 Å². The van der Waals surface area contributed by atoms with E-state index >= 15 is 0 Å². The largest absolute Gasteiger partial charge is 0.484 e. The van der Waals surface area contributed by atoms with E-state index < -0.39 is 0 Å². The first kappa shape index (κ1) is 10.2. The van der Waals surface area contributed by atoms with Crippen molar-refractivity contribution in [1.29, 1.82) is 0 Å². The summed E-state index contributed by atoms with van der Waals surface area (Å²) in [6.07, 6.45) is 2.09. The van der Waals surface area contributed by atoms with Gasteiger partial charge in [0.1, 0.15) is 0 Å². The van der Waals surface area contributed by atoms with Crippen molar-refractivity contribution >= 4 is 29.6 Å². The van der Waals surface area contributed by atoms with Crippen LogP contribution in [0.4, 0.5) is 0 Å². The lowest BCUT2D eigenvalue weighted by Gasteiger charge is -1.95. The lowest BCUT2D eigenvalue weighted by atomic mass is 10.8. The van der Waals surface area contributed by atoms with E-state index in [4.69, 9.17) is 4.74 Å². The summed E-state index contributed by atoms with van der Waals surface area (Å²) in [6.45, 7) is 1.85. The van der Waals surface area contributed by atoms with Crippen LogP contribution in [0.3, 0.4) is 0 Å². The van der Waals surface area contributed by atoms with Gasteiger partial charge in [0.05, 0.1) is 7.11 Å². The molecule has 0 saturated carbocycles. The van der Waals surface area contributed by atoms with Crippen LogP contribution < -0.4 is 0 Å². The maximum Gasteiger partial charge on any atom is 0.191 e. The average Bonchev–Trinajstić information content (AvgIpc) is 1.98. The smallest absolute Gasteiger partial charge is 0.191 e. The van der Waals surface area contributed by atoms with Crippen molar-refractivity contribution in [2.45, 2.75) is 6.92 Å². The van der Waals surface area contributed by atoms with E-state index in [1.54, 1.807) is 19.1 Å². The van der Waals surface area contributed by atoms with Gasteiger partial charge in [-0.05, 0) is 18.2 Å². The molecule has 0 aliphatic carbocycles. The number of hydrogen-bond acceptors (Lipinski definition) is 4. The first-order valence-corrected chi connectivity index (χ1v) is 5.34. The van der Waals surface area contributed by atoms with Crippen LogP contribution in [0.15, 0.2) is 4.40 Å². The zero-order valence-corrected chi connectivity index (χ0v) is 8.22. The number of methoxy groups -OCH3 is 1. The summed E-state index contributed by atoms with van der Waals surface area (Å²) < 4.78 is 8.93. The zero-order valence-electron chi connectivity index (χ0n) is 6.59. The summed E-state index contributed by atoms with van der Waals surface area (Å²) in [5, 5.41) is 0. The fraction of sp³-hybridized carbons (Fsp3) is 0.833. The van der Waals surface area contributed by atoms with E-state index in [2.05, 4.69) is 10.7 Å². The van der Waals surface area contributed by atoms with Crippen LogP contribution in [-0.2, 0) is 4.74 Å². The van der Waals surface area contributed by atoms with Gasteiger partial charge in [0.25, 0.3) is 0 Å². The molecule has 0 atom stereocenters. The van der Waals surface area contributed by atoms with Crippen LogP contribution in [0.2, 0.25) is 0 Å². The highest BCUT2D eigenvalue weighted by atomic mass is 32.2. The molecule has 0 aromatic carbocycles. The van der Waals surface area contributed by atoms with Crippen LogP contribution in [0.25, 0.3) is 0 Å². The number of nitrogens with zero attached hydrogens (tertiary/aromatic N) is 1. The number of ether oxygens (including phenoxy) is 1. The Balaban J connectivity index is 3.16. The topological polar surface area (TPSA) is 21.6 Å². The van der Waals surface area contributed by atoms with Crippen molar-refractivity contribution < 1.29 is 4.74 Å². The van der Waals surface area contributed by atoms with Gasteiger partial charge < -0.3 is 4.74 Å². The molecule has 0 rings (SSSR count). The fourth-order valence-electron chi connectivity index (χ4n) is 0.294. The Labute approximate surface area is 71.0 Å². The van der Waals surface area contributed by atoms with E-state index in [1.807, 2.05) is 18.7 Å². The van der Waals surface area contributed by atoms with Crippen LogP contribution in [0.5, 0.6) is 0 Å². The third-order valence-electron chi connectivity index (χ3n) is 0.867.